The number of hydrogen-bond donors (Lipinski definition) is 2. The van der Waals surface area contributed by atoms with Crippen molar-refractivity contribution in [1.29, 1.82) is 0 Å². The average molecular weight is 328 g/mol. The van der Waals surface area contributed by atoms with E-state index in [0.717, 1.165) is 30.5 Å². The second kappa shape index (κ2) is 6.73. The maximum Gasteiger partial charge on any atom is 0.326 e. The molecule has 5 nitrogen and oxygen atoms in total. The van der Waals surface area contributed by atoms with Gasteiger partial charge in [-0.05, 0) is 63.9 Å². The highest BCUT2D eigenvalue weighted by Crippen LogP contribution is 2.24. The monoisotopic (exact) mass is 328 g/mol. The Morgan fingerprint density at radius 3 is 3.08 bits per heavy atom. The second-order valence-electron chi connectivity index (χ2n) is 7.48. The van der Waals surface area contributed by atoms with Gasteiger partial charge in [0.25, 0.3) is 0 Å². The summed E-state index contributed by atoms with van der Waals surface area (Å²) >= 11 is 0. The van der Waals surface area contributed by atoms with Crippen LogP contribution in [0, 0.1) is 0 Å². The van der Waals surface area contributed by atoms with Gasteiger partial charge in [-0.15, -0.1) is 0 Å². The average Bonchev–Trinajstić information content (AvgIpc) is 2.93. The van der Waals surface area contributed by atoms with Crippen molar-refractivity contribution in [2.45, 2.75) is 57.2 Å². The van der Waals surface area contributed by atoms with E-state index >= 15 is 0 Å². The van der Waals surface area contributed by atoms with Crippen LogP contribution in [-0.4, -0.2) is 46.7 Å². The van der Waals surface area contributed by atoms with E-state index in [4.69, 9.17) is 0 Å². The molecule has 0 radical (unpaired) electrons. The summed E-state index contributed by atoms with van der Waals surface area (Å²) in [6.45, 7) is 3.09. The first-order chi connectivity index (χ1) is 11.7. The number of piperidine rings is 1. The molecule has 3 heterocycles. The summed E-state index contributed by atoms with van der Waals surface area (Å²) in [5.74, 6) is 0. The number of aromatic nitrogens is 2. The molecule has 2 N–H and O–H groups in total. The van der Waals surface area contributed by atoms with Crippen molar-refractivity contribution in [3.05, 3.63) is 34.2 Å². The number of H-pyrrole nitrogens is 1. The van der Waals surface area contributed by atoms with Crippen molar-refractivity contribution in [2.24, 2.45) is 0 Å². The minimum absolute atomic E-state index is 0.0296. The summed E-state index contributed by atoms with van der Waals surface area (Å²) in [5.41, 5.74) is 3.41. The van der Waals surface area contributed by atoms with Gasteiger partial charge >= 0.3 is 5.69 Å². The highest BCUT2D eigenvalue weighted by Gasteiger charge is 2.25. The Morgan fingerprint density at radius 1 is 1.33 bits per heavy atom. The Balaban J connectivity index is 1.38. The predicted octanol–water partition coefficient (Wildman–Crippen LogP) is 2.11. The lowest BCUT2D eigenvalue weighted by molar-refractivity contribution is 0.204. The van der Waals surface area contributed by atoms with Crippen LogP contribution in [0.4, 0.5) is 0 Å². The van der Waals surface area contributed by atoms with Gasteiger partial charge in [0.1, 0.15) is 0 Å². The number of hydrogen-bond acceptors (Lipinski definition) is 3. The Bertz CT molecular complexity index is 756. The van der Waals surface area contributed by atoms with Crippen LogP contribution in [0.1, 0.15) is 37.7 Å². The minimum atomic E-state index is 0.0296. The summed E-state index contributed by atoms with van der Waals surface area (Å²) in [5, 5.41) is 3.63. The van der Waals surface area contributed by atoms with Gasteiger partial charge in [-0.25, -0.2) is 4.79 Å². The molecule has 1 saturated heterocycles. The van der Waals surface area contributed by atoms with Crippen molar-refractivity contribution in [3.63, 3.8) is 0 Å². The van der Waals surface area contributed by atoms with E-state index in [1.54, 1.807) is 0 Å². The maximum atomic E-state index is 12.2. The molecule has 1 fully saturated rings. The molecule has 24 heavy (non-hydrogen) atoms. The highest BCUT2D eigenvalue weighted by molar-refractivity contribution is 5.79. The first-order valence-electron chi connectivity index (χ1n) is 9.36. The van der Waals surface area contributed by atoms with Gasteiger partial charge in [-0.1, -0.05) is 18.6 Å². The van der Waals surface area contributed by atoms with Crippen LogP contribution < -0.4 is 11.0 Å². The topological polar surface area (TPSA) is 53.1 Å². The van der Waals surface area contributed by atoms with Crippen LogP contribution in [0.15, 0.2) is 23.0 Å². The Morgan fingerprint density at radius 2 is 2.25 bits per heavy atom. The number of nitrogens with zero attached hydrogens (tertiary/aromatic N) is 2. The number of benzene rings is 1. The van der Waals surface area contributed by atoms with Crippen LogP contribution in [0.2, 0.25) is 0 Å². The molecular weight excluding hydrogens is 300 g/mol. The summed E-state index contributed by atoms with van der Waals surface area (Å²) in [7, 11) is 2.21. The zero-order valence-corrected chi connectivity index (χ0v) is 14.6. The molecule has 5 heteroatoms. The molecule has 0 spiro atoms. The van der Waals surface area contributed by atoms with E-state index in [-0.39, 0.29) is 5.69 Å². The largest absolute Gasteiger partial charge is 0.326 e. The maximum absolute atomic E-state index is 12.2. The van der Waals surface area contributed by atoms with Crippen LogP contribution in [0.25, 0.3) is 11.0 Å². The molecule has 0 bridgehead atoms. The standard InChI is InChI=1S/C19H28N4O/c1-22(11-5-8-15-7-2-3-10-20-15)16-12-14-6-4-9-17-18(14)23(13-16)19(24)21-17/h4,6,9,15-16,20H,2-3,5,7-8,10-13H2,1H3,(H,21,24)/t15?,16-/m1/s1. The fourth-order valence-electron chi connectivity index (χ4n) is 4.40. The molecule has 1 unspecified atom stereocenters. The van der Waals surface area contributed by atoms with Gasteiger partial charge < -0.3 is 15.2 Å². The third-order valence-corrected chi connectivity index (χ3v) is 5.82. The molecule has 1 aromatic heterocycles. The molecule has 2 aromatic rings. The van der Waals surface area contributed by atoms with E-state index in [1.165, 1.54) is 44.2 Å². The predicted molar refractivity (Wildman–Crippen MR) is 97.6 cm³/mol. The zero-order chi connectivity index (χ0) is 16.5. The van der Waals surface area contributed by atoms with Crippen LogP contribution in [-0.2, 0) is 13.0 Å². The van der Waals surface area contributed by atoms with Gasteiger partial charge in [0, 0.05) is 18.6 Å². The normalized spacial score (nSPS) is 23.9. The number of imidazole rings is 1. The van der Waals surface area contributed by atoms with Crippen molar-refractivity contribution >= 4 is 11.0 Å². The van der Waals surface area contributed by atoms with Crippen molar-refractivity contribution in [3.8, 4) is 0 Å². The fraction of sp³-hybridized carbons (Fsp3) is 0.632. The lowest BCUT2D eigenvalue weighted by Crippen LogP contribution is -2.42. The molecule has 0 aliphatic carbocycles. The van der Waals surface area contributed by atoms with E-state index in [2.05, 4.69) is 34.4 Å². The van der Waals surface area contributed by atoms with Gasteiger partial charge in [0.15, 0.2) is 0 Å². The van der Waals surface area contributed by atoms with Crippen molar-refractivity contribution in [1.82, 2.24) is 19.8 Å². The van der Waals surface area contributed by atoms with E-state index in [1.807, 2.05) is 10.6 Å². The third-order valence-electron chi connectivity index (χ3n) is 5.82. The second-order valence-corrected chi connectivity index (χ2v) is 7.48. The molecule has 2 atom stereocenters. The summed E-state index contributed by atoms with van der Waals surface area (Å²) < 4.78 is 1.93. The van der Waals surface area contributed by atoms with E-state index in [9.17, 15) is 4.79 Å². The van der Waals surface area contributed by atoms with E-state index < -0.39 is 0 Å². The number of para-hydroxylation sites is 1. The first kappa shape index (κ1) is 15.9. The number of nitrogens with one attached hydrogen (secondary N) is 2. The highest BCUT2D eigenvalue weighted by atomic mass is 16.1. The van der Waals surface area contributed by atoms with Crippen molar-refractivity contribution in [2.75, 3.05) is 20.1 Å². The van der Waals surface area contributed by atoms with Crippen LogP contribution in [0.5, 0.6) is 0 Å². The molecule has 0 amide bonds. The van der Waals surface area contributed by atoms with Crippen LogP contribution >= 0.6 is 0 Å². The number of rotatable bonds is 5. The first-order valence-corrected chi connectivity index (χ1v) is 9.36. The summed E-state index contributed by atoms with van der Waals surface area (Å²) in [6.07, 6.45) is 7.56. The molecular formula is C19H28N4O. The van der Waals surface area contributed by atoms with Gasteiger partial charge in [-0.2, -0.15) is 0 Å². The summed E-state index contributed by atoms with van der Waals surface area (Å²) in [6, 6.07) is 7.34. The fourth-order valence-corrected chi connectivity index (χ4v) is 4.40. The van der Waals surface area contributed by atoms with Gasteiger partial charge in [0.2, 0.25) is 0 Å². The van der Waals surface area contributed by atoms with E-state index in [0.29, 0.717) is 12.1 Å². The lowest BCUT2D eigenvalue weighted by atomic mass is 9.98. The molecule has 130 valence electrons. The third kappa shape index (κ3) is 3.03. The molecule has 2 aliphatic heterocycles. The van der Waals surface area contributed by atoms with Gasteiger partial charge in [-0.3, -0.25) is 4.57 Å². The van der Waals surface area contributed by atoms with Crippen LogP contribution in [0.3, 0.4) is 0 Å². The number of aromatic amines is 1. The lowest BCUT2D eigenvalue weighted by Gasteiger charge is -2.32. The SMILES string of the molecule is CN(CCCC1CCCCN1)[C@@H]1Cc2cccc3[nH]c(=O)n(c23)C1. The number of likely N-dealkylation sites (N-methyl/N-ethyl adjacent to an activating group) is 1. The van der Waals surface area contributed by atoms with Crippen molar-refractivity contribution < 1.29 is 0 Å². The smallest absolute Gasteiger partial charge is 0.314 e. The van der Waals surface area contributed by atoms with Gasteiger partial charge in [0.05, 0.1) is 11.0 Å². The molecule has 0 saturated carbocycles. The Labute approximate surface area is 143 Å². The molecule has 2 aliphatic rings. The minimum Gasteiger partial charge on any atom is -0.314 e. The quantitative estimate of drug-likeness (QED) is 0.884. The zero-order valence-electron chi connectivity index (χ0n) is 14.6. The Hall–Kier alpha value is -1.59. The summed E-state index contributed by atoms with van der Waals surface area (Å²) in [4.78, 5) is 17.7. The Kier molecular flexibility index (Phi) is 4.46. The molecule has 1 aromatic carbocycles. The molecule has 4 rings (SSSR count).